The number of hydrogen-bond donors (Lipinski definition) is 2. The normalized spacial score (nSPS) is 24.7. The number of benzene rings is 2. The van der Waals surface area contributed by atoms with Crippen LogP contribution < -0.4 is 5.32 Å². The monoisotopic (exact) mass is 640 g/mol. The minimum Gasteiger partial charge on any atom is -0.380 e. The Balaban J connectivity index is 1.64. The molecule has 1 unspecified atom stereocenters. The topological polar surface area (TPSA) is 70.9 Å². The molecule has 2 aromatic rings. The number of amides is 1. The van der Waals surface area contributed by atoms with E-state index in [1.54, 1.807) is 0 Å². The number of alkyl halides is 12. The Morgan fingerprint density at radius 2 is 1.53 bits per heavy atom. The summed E-state index contributed by atoms with van der Waals surface area (Å²) >= 11 is 0. The zero-order valence-electron chi connectivity index (χ0n) is 21.2. The second-order valence-corrected chi connectivity index (χ2v) is 10.1. The highest BCUT2D eigenvalue weighted by Gasteiger charge is 2.65. The standard InChI is InChI=1S/C25H17F13N2O3/c1-10-4-11(2-3-14(10)19(41)39-13-7-20(42,8-13)24(33,34)35)17-9-21(43-40-17,25(36,37)38)15-5-12(22(27,28)29)6-16(18(15)26)23(30,31)32/h2-6,13,42H,7-9H2,1H3,(H,39,41). The van der Waals surface area contributed by atoms with Gasteiger partial charge in [0.15, 0.2) is 5.60 Å². The maximum Gasteiger partial charge on any atom is 0.435 e. The van der Waals surface area contributed by atoms with Gasteiger partial charge in [-0.05, 0) is 42.3 Å². The molecule has 1 heterocycles. The Hall–Kier alpha value is -3.57. The Bertz CT molecular complexity index is 1470. The zero-order chi connectivity index (χ0) is 32.6. The van der Waals surface area contributed by atoms with Crippen LogP contribution in [0.25, 0.3) is 0 Å². The molecule has 1 aliphatic heterocycles. The van der Waals surface area contributed by atoms with Crippen LogP contribution in [0, 0.1) is 12.7 Å². The molecule has 1 amide bonds. The Labute approximate surface area is 232 Å². The Morgan fingerprint density at radius 3 is 2.02 bits per heavy atom. The van der Waals surface area contributed by atoms with Crippen molar-refractivity contribution in [2.75, 3.05) is 0 Å². The lowest BCUT2D eigenvalue weighted by Crippen LogP contribution is -2.62. The number of oxime groups is 1. The lowest BCUT2D eigenvalue weighted by atomic mass is 9.75. The molecule has 2 aromatic carbocycles. The summed E-state index contributed by atoms with van der Waals surface area (Å²) in [5, 5.41) is 14.9. The zero-order valence-corrected chi connectivity index (χ0v) is 21.2. The lowest BCUT2D eigenvalue weighted by molar-refractivity contribution is -0.291. The fourth-order valence-electron chi connectivity index (χ4n) is 4.78. The van der Waals surface area contributed by atoms with Crippen LogP contribution in [0.2, 0.25) is 0 Å². The average Bonchev–Trinajstić information content (AvgIpc) is 3.27. The third-order valence-corrected chi connectivity index (χ3v) is 7.16. The number of aryl methyl sites for hydroxylation is 1. The first-order valence-electron chi connectivity index (χ1n) is 11.9. The van der Waals surface area contributed by atoms with E-state index in [0.29, 0.717) is 0 Å². The van der Waals surface area contributed by atoms with Crippen LogP contribution in [0.15, 0.2) is 35.5 Å². The van der Waals surface area contributed by atoms with Gasteiger partial charge < -0.3 is 15.3 Å². The van der Waals surface area contributed by atoms with E-state index in [2.05, 4.69) is 15.3 Å². The molecule has 18 heteroatoms. The van der Waals surface area contributed by atoms with Crippen LogP contribution in [-0.2, 0) is 22.8 Å². The van der Waals surface area contributed by atoms with Gasteiger partial charge in [-0.25, -0.2) is 4.39 Å². The van der Waals surface area contributed by atoms with Crippen LogP contribution in [0.3, 0.4) is 0 Å². The molecule has 0 spiro atoms. The van der Waals surface area contributed by atoms with E-state index in [-0.39, 0.29) is 16.7 Å². The first kappa shape index (κ1) is 32.3. The van der Waals surface area contributed by atoms with Crippen LogP contribution >= 0.6 is 0 Å². The predicted octanol–water partition coefficient (Wildman–Crippen LogP) is 6.94. The molecule has 1 aliphatic carbocycles. The van der Waals surface area contributed by atoms with Crippen molar-refractivity contribution in [3.63, 3.8) is 0 Å². The first-order valence-corrected chi connectivity index (χ1v) is 11.9. The van der Waals surface area contributed by atoms with E-state index in [0.717, 1.165) is 18.2 Å². The molecule has 236 valence electrons. The van der Waals surface area contributed by atoms with E-state index in [1.807, 2.05) is 0 Å². The first-order chi connectivity index (χ1) is 19.4. The number of rotatable bonds is 4. The van der Waals surface area contributed by atoms with Gasteiger partial charge in [-0.15, -0.1) is 0 Å². The fraction of sp³-hybridized carbons (Fsp3) is 0.440. The van der Waals surface area contributed by atoms with Crippen molar-refractivity contribution in [3.05, 3.63) is 69.5 Å². The number of carbonyl (C=O) groups excluding carboxylic acids is 1. The number of halogens is 13. The molecule has 1 fully saturated rings. The molecule has 0 radical (unpaired) electrons. The van der Waals surface area contributed by atoms with Crippen molar-refractivity contribution in [1.29, 1.82) is 0 Å². The summed E-state index contributed by atoms with van der Waals surface area (Å²) in [5.41, 5.74) is -15.1. The number of nitrogens with one attached hydrogen (secondary N) is 1. The summed E-state index contributed by atoms with van der Waals surface area (Å²) in [6, 6.07) is 0.919. The van der Waals surface area contributed by atoms with Gasteiger partial charge in [0.05, 0.1) is 23.3 Å². The highest BCUT2D eigenvalue weighted by atomic mass is 19.4. The molecule has 1 saturated carbocycles. The van der Waals surface area contributed by atoms with Crippen molar-refractivity contribution >= 4 is 11.6 Å². The maximum atomic E-state index is 14.9. The summed E-state index contributed by atoms with van der Waals surface area (Å²) in [7, 11) is 0. The quantitative estimate of drug-likeness (QED) is 0.356. The Morgan fingerprint density at radius 1 is 0.930 bits per heavy atom. The second kappa shape index (κ2) is 9.99. The Kier molecular flexibility index (Phi) is 7.51. The van der Waals surface area contributed by atoms with Gasteiger partial charge in [0.1, 0.15) is 5.82 Å². The number of aliphatic hydroxyl groups is 1. The van der Waals surface area contributed by atoms with E-state index < -0.39 is 107 Å². The number of nitrogens with zero attached hydrogens (tertiary/aromatic N) is 1. The van der Waals surface area contributed by atoms with Crippen LogP contribution in [0.5, 0.6) is 0 Å². The van der Waals surface area contributed by atoms with Gasteiger partial charge >= 0.3 is 24.7 Å². The average molecular weight is 640 g/mol. The third-order valence-electron chi connectivity index (χ3n) is 7.16. The van der Waals surface area contributed by atoms with Gasteiger partial charge in [-0.3, -0.25) is 4.79 Å². The van der Waals surface area contributed by atoms with Crippen molar-refractivity contribution < 1.29 is 71.8 Å². The van der Waals surface area contributed by atoms with Crippen molar-refractivity contribution in [1.82, 2.24) is 5.32 Å². The largest absolute Gasteiger partial charge is 0.435 e. The lowest BCUT2D eigenvalue weighted by Gasteiger charge is -2.44. The highest BCUT2D eigenvalue weighted by Crippen LogP contribution is 2.52. The molecular formula is C25H17F13N2O3. The van der Waals surface area contributed by atoms with Crippen molar-refractivity contribution in [3.8, 4) is 0 Å². The number of hydrogen-bond acceptors (Lipinski definition) is 4. The summed E-state index contributed by atoms with van der Waals surface area (Å²) in [4.78, 5) is 16.9. The van der Waals surface area contributed by atoms with Crippen LogP contribution in [0.1, 0.15) is 57.4 Å². The van der Waals surface area contributed by atoms with Gasteiger partial charge in [0.2, 0.25) is 0 Å². The molecule has 2 N–H and O–H groups in total. The fourth-order valence-corrected chi connectivity index (χ4v) is 4.78. The molecule has 4 rings (SSSR count). The third kappa shape index (κ3) is 5.72. The maximum absolute atomic E-state index is 14.9. The van der Waals surface area contributed by atoms with E-state index >= 15 is 0 Å². The van der Waals surface area contributed by atoms with Crippen molar-refractivity contribution in [2.45, 2.75) is 68.1 Å². The predicted molar refractivity (Wildman–Crippen MR) is 119 cm³/mol. The molecule has 1 atom stereocenters. The van der Waals surface area contributed by atoms with Gasteiger partial charge in [0, 0.05) is 30.0 Å². The SMILES string of the molecule is Cc1cc(C2=NOC(c3cc(C(F)(F)F)cc(C(F)(F)F)c3F)(C(F)(F)F)C2)ccc1C(=O)NC1CC(O)(C(F)(F)F)C1. The van der Waals surface area contributed by atoms with Crippen LogP contribution in [0.4, 0.5) is 57.1 Å². The second-order valence-electron chi connectivity index (χ2n) is 10.1. The summed E-state index contributed by atoms with van der Waals surface area (Å²) in [6.45, 7) is 1.26. The summed E-state index contributed by atoms with van der Waals surface area (Å²) < 4.78 is 176. The van der Waals surface area contributed by atoms with Gasteiger partial charge in [0.25, 0.3) is 11.5 Å². The molecule has 0 bridgehead atoms. The molecule has 0 saturated heterocycles. The summed E-state index contributed by atoms with van der Waals surface area (Å²) in [5.74, 6) is -3.55. The molecular weight excluding hydrogens is 623 g/mol. The van der Waals surface area contributed by atoms with Gasteiger partial charge in [-0.2, -0.15) is 52.7 Å². The smallest absolute Gasteiger partial charge is 0.380 e. The molecule has 5 nitrogen and oxygen atoms in total. The molecule has 0 aromatic heterocycles. The highest BCUT2D eigenvalue weighted by molar-refractivity contribution is 6.03. The van der Waals surface area contributed by atoms with Crippen LogP contribution in [-0.4, -0.2) is 40.7 Å². The minimum absolute atomic E-state index is 0.0252. The van der Waals surface area contributed by atoms with Gasteiger partial charge in [-0.1, -0.05) is 11.2 Å². The number of carbonyl (C=O) groups is 1. The molecule has 2 aliphatic rings. The van der Waals surface area contributed by atoms with Crippen molar-refractivity contribution in [2.24, 2.45) is 5.16 Å². The van der Waals surface area contributed by atoms with E-state index in [1.165, 1.54) is 6.92 Å². The molecule has 43 heavy (non-hydrogen) atoms. The summed E-state index contributed by atoms with van der Waals surface area (Å²) in [6.07, 6.45) is -25.3. The van der Waals surface area contributed by atoms with E-state index in [9.17, 15) is 67.0 Å². The van der Waals surface area contributed by atoms with E-state index in [4.69, 9.17) is 0 Å². The minimum atomic E-state index is -5.81.